The van der Waals surface area contributed by atoms with E-state index in [1.54, 1.807) is 45.9 Å². The van der Waals surface area contributed by atoms with Crippen LogP contribution in [0, 0.1) is 0 Å². The Morgan fingerprint density at radius 2 is 1.85 bits per heavy atom. The number of para-hydroxylation sites is 1. The standard InChI is InChI=1S/C28H26ClN3O6S/c1-5-36-27(35)22-20(26(34)38-28(2,3)4)21-24(39-22)30-23(29)25(33)32(21)17-11-12-19-18(15-17)31(13-14-37-19)16-9-7-6-8-10-16/h6-12,15H,5,13-14H2,1-4H3. The normalized spacial score (nSPS) is 13.1. The summed E-state index contributed by atoms with van der Waals surface area (Å²) in [4.78, 5) is 46.4. The molecule has 0 radical (unpaired) electrons. The predicted molar refractivity (Wildman–Crippen MR) is 150 cm³/mol. The highest BCUT2D eigenvalue weighted by atomic mass is 35.5. The van der Waals surface area contributed by atoms with Gasteiger partial charge in [0, 0.05) is 5.69 Å². The van der Waals surface area contributed by atoms with E-state index < -0.39 is 23.1 Å². The number of aromatic nitrogens is 2. The van der Waals surface area contributed by atoms with Crippen LogP contribution in [-0.4, -0.2) is 46.8 Å². The van der Waals surface area contributed by atoms with Gasteiger partial charge >= 0.3 is 11.9 Å². The summed E-state index contributed by atoms with van der Waals surface area (Å²) in [7, 11) is 0. The van der Waals surface area contributed by atoms with Gasteiger partial charge in [0.25, 0.3) is 5.56 Å². The van der Waals surface area contributed by atoms with E-state index in [-0.39, 0.29) is 32.5 Å². The molecule has 0 aliphatic carbocycles. The van der Waals surface area contributed by atoms with Crippen LogP contribution in [-0.2, 0) is 9.47 Å². The Kier molecular flexibility index (Phi) is 7.09. The van der Waals surface area contributed by atoms with Crippen molar-refractivity contribution in [2.45, 2.75) is 33.3 Å². The summed E-state index contributed by atoms with van der Waals surface area (Å²) >= 11 is 7.21. The first-order valence-electron chi connectivity index (χ1n) is 12.3. The van der Waals surface area contributed by atoms with Crippen molar-refractivity contribution in [2.75, 3.05) is 24.7 Å². The molecule has 5 rings (SSSR count). The van der Waals surface area contributed by atoms with Crippen LogP contribution in [0.15, 0.2) is 53.3 Å². The first-order chi connectivity index (χ1) is 18.6. The molecule has 0 N–H and O–H groups in total. The molecule has 4 aromatic rings. The maximum atomic E-state index is 13.5. The molecule has 0 saturated heterocycles. The number of thiophene rings is 1. The number of hydrogen-bond acceptors (Lipinski definition) is 9. The van der Waals surface area contributed by atoms with Crippen molar-refractivity contribution in [3.05, 3.63) is 74.5 Å². The van der Waals surface area contributed by atoms with E-state index in [9.17, 15) is 14.4 Å². The van der Waals surface area contributed by atoms with Crippen molar-refractivity contribution >= 4 is 56.6 Å². The van der Waals surface area contributed by atoms with E-state index in [0.29, 0.717) is 24.6 Å². The van der Waals surface area contributed by atoms with Gasteiger partial charge in [0.1, 0.15) is 38.7 Å². The van der Waals surface area contributed by atoms with Gasteiger partial charge in [0.2, 0.25) is 0 Å². The Morgan fingerprint density at radius 3 is 2.54 bits per heavy atom. The maximum absolute atomic E-state index is 13.5. The van der Waals surface area contributed by atoms with Crippen molar-refractivity contribution in [2.24, 2.45) is 0 Å². The van der Waals surface area contributed by atoms with Gasteiger partial charge in [-0.2, -0.15) is 0 Å². The summed E-state index contributed by atoms with van der Waals surface area (Å²) in [6.45, 7) is 7.99. The van der Waals surface area contributed by atoms with Crippen LogP contribution in [0.25, 0.3) is 16.0 Å². The van der Waals surface area contributed by atoms with Crippen LogP contribution in [0.3, 0.4) is 0 Å². The third-order valence-electron chi connectivity index (χ3n) is 5.86. The minimum absolute atomic E-state index is 0.0174. The number of esters is 2. The molecule has 2 aromatic heterocycles. The topological polar surface area (TPSA) is 100.0 Å². The Bertz CT molecular complexity index is 1640. The van der Waals surface area contributed by atoms with Gasteiger partial charge < -0.3 is 19.1 Å². The van der Waals surface area contributed by atoms with Crippen LogP contribution in [0.4, 0.5) is 11.4 Å². The number of hydrogen-bond donors (Lipinski definition) is 0. The summed E-state index contributed by atoms with van der Waals surface area (Å²) in [6, 6.07) is 15.1. The van der Waals surface area contributed by atoms with Crippen LogP contribution < -0.4 is 15.2 Å². The summed E-state index contributed by atoms with van der Waals surface area (Å²) in [6.07, 6.45) is 0. The summed E-state index contributed by atoms with van der Waals surface area (Å²) in [5, 5.41) is -0.302. The number of halogens is 1. The molecule has 0 spiro atoms. The summed E-state index contributed by atoms with van der Waals surface area (Å²) in [5.74, 6) is -0.852. The molecule has 0 fully saturated rings. The molecule has 1 aliphatic heterocycles. The monoisotopic (exact) mass is 567 g/mol. The largest absolute Gasteiger partial charge is 0.490 e. The third kappa shape index (κ3) is 5.09. The molecule has 1 aliphatic rings. The highest BCUT2D eigenvalue weighted by Crippen LogP contribution is 2.39. The van der Waals surface area contributed by atoms with Gasteiger partial charge in [-0.3, -0.25) is 9.36 Å². The molecule has 0 saturated carbocycles. The number of nitrogens with zero attached hydrogens (tertiary/aromatic N) is 3. The average Bonchev–Trinajstić information content (AvgIpc) is 3.27. The summed E-state index contributed by atoms with van der Waals surface area (Å²) < 4.78 is 18.0. The maximum Gasteiger partial charge on any atom is 0.349 e. The highest BCUT2D eigenvalue weighted by molar-refractivity contribution is 7.20. The fraction of sp³-hybridized carbons (Fsp3) is 0.286. The SMILES string of the molecule is CCOC(=O)c1sc2nc(Cl)c(=O)n(-c3ccc4c(c3)N(c3ccccc3)CCO4)c2c1C(=O)OC(C)(C)C. The lowest BCUT2D eigenvalue weighted by molar-refractivity contribution is 0.00672. The average molecular weight is 568 g/mol. The second-order valence-corrected chi connectivity index (χ2v) is 11.1. The molecule has 0 atom stereocenters. The molecule has 2 aromatic carbocycles. The van der Waals surface area contributed by atoms with Gasteiger partial charge in [-0.05, 0) is 58.0 Å². The minimum Gasteiger partial charge on any atom is -0.490 e. The van der Waals surface area contributed by atoms with E-state index >= 15 is 0 Å². The molecule has 0 unspecified atom stereocenters. The summed E-state index contributed by atoms with van der Waals surface area (Å²) in [5.41, 5.74) is 0.620. The van der Waals surface area contributed by atoms with Gasteiger partial charge in [-0.25, -0.2) is 14.6 Å². The first kappa shape index (κ1) is 26.7. The lowest BCUT2D eigenvalue weighted by Crippen LogP contribution is -2.29. The van der Waals surface area contributed by atoms with E-state index in [4.69, 9.17) is 25.8 Å². The van der Waals surface area contributed by atoms with Crippen LogP contribution >= 0.6 is 22.9 Å². The quantitative estimate of drug-likeness (QED) is 0.280. The molecule has 0 amide bonds. The molecule has 39 heavy (non-hydrogen) atoms. The van der Waals surface area contributed by atoms with Crippen molar-refractivity contribution in [1.29, 1.82) is 0 Å². The lowest BCUT2D eigenvalue weighted by Gasteiger charge is -2.31. The minimum atomic E-state index is -0.860. The third-order valence-corrected chi connectivity index (χ3v) is 7.16. The molecule has 3 heterocycles. The Morgan fingerprint density at radius 1 is 1.10 bits per heavy atom. The predicted octanol–water partition coefficient (Wildman–Crippen LogP) is 5.76. The molecule has 0 bridgehead atoms. The molecular formula is C28H26ClN3O6S. The van der Waals surface area contributed by atoms with Crippen LogP contribution in [0.2, 0.25) is 5.15 Å². The van der Waals surface area contributed by atoms with Crippen molar-refractivity contribution in [1.82, 2.24) is 9.55 Å². The van der Waals surface area contributed by atoms with E-state index in [1.807, 2.05) is 30.3 Å². The number of carbonyl (C=O) groups is 2. The molecular weight excluding hydrogens is 542 g/mol. The zero-order valence-electron chi connectivity index (χ0n) is 21.8. The van der Waals surface area contributed by atoms with Crippen molar-refractivity contribution in [3.8, 4) is 11.4 Å². The smallest absolute Gasteiger partial charge is 0.349 e. The number of benzene rings is 2. The number of fused-ring (bicyclic) bond motifs is 2. The van der Waals surface area contributed by atoms with Crippen LogP contribution in [0.1, 0.15) is 47.7 Å². The van der Waals surface area contributed by atoms with Gasteiger partial charge in [0.05, 0.1) is 24.5 Å². The zero-order valence-corrected chi connectivity index (χ0v) is 23.4. The zero-order chi connectivity index (χ0) is 27.9. The second kappa shape index (κ2) is 10.3. The van der Waals surface area contributed by atoms with Gasteiger partial charge in [0.15, 0.2) is 5.15 Å². The lowest BCUT2D eigenvalue weighted by atomic mass is 10.1. The first-order valence-corrected chi connectivity index (χ1v) is 13.5. The Labute approximate surface area is 233 Å². The van der Waals surface area contributed by atoms with Crippen molar-refractivity contribution in [3.63, 3.8) is 0 Å². The van der Waals surface area contributed by atoms with E-state index in [1.165, 1.54) is 4.57 Å². The van der Waals surface area contributed by atoms with Gasteiger partial charge in [-0.15, -0.1) is 11.3 Å². The molecule has 202 valence electrons. The number of carbonyl (C=O) groups excluding carboxylic acids is 2. The number of rotatable bonds is 5. The van der Waals surface area contributed by atoms with E-state index in [2.05, 4.69) is 9.88 Å². The number of ether oxygens (including phenoxy) is 3. The van der Waals surface area contributed by atoms with Crippen molar-refractivity contribution < 1.29 is 23.8 Å². The fourth-order valence-corrected chi connectivity index (χ4v) is 5.61. The molecule has 11 heteroatoms. The Balaban J connectivity index is 1.78. The highest BCUT2D eigenvalue weighted by Gasteiger charge is 2.33. The Hall–Kier alpha value is -3.89. The molecule has 9 nitrogen and oxygen atoms in total. The van der Waals surface area contributed by atoms with Gasteiger partial charge in [-0.1, -0.05) is 29.8 Å². The van der Waals surface area contributed by atoms with E-state index in [0.717, 1.165) is 22.7 Å². The fourth-order valence-electron chi connectivity index (χ4n) is 4.35. The van der Waals surface area contributed by atoms with Crippen LogP contribution in [0.5, 0.6) is 5.75 Å². The number of anilines is 2. The second-order valence-electron chi connectivity index (χ2n) is 9.71.